The maximum atomic E-state index is 12.9. The summed E-state index contributed by atoms with van der Waals surface area (Å²) < 4.78 is 27.2. The molecular weight excluding hydrogens is 479 g/mol. The smallest absolute Gasteiger partial charge is 0.223 e. The number of nitrogens with zero attached hydrogens (tertiary/aromatic N) is 1. The molecule has 0 aromatic heterocycles. The molecule has 0 spiro atoms. The number of halogens is 2. The summed E-state index contributed by atoms with van der Waals surface area (Å²) in [5.74, 6) is -0.358. The highest BCUT2D eigenvalue weighted by Crippen LogP contribution is 2.28. The van der Waals surface area contributed by atoms with Crippen LogP contribution < -0.4 is 5.32 Å². The molecule has 1 fully saturated rings. The van der Waals surface area contributed by atoms with Crippen molar-refractivity contribution in [3.63, 3.8) is 0 Å². The van der Waals surface area contributed by atoms with E-state index in [9.17, 15) is 13.2 Å². The second-order valence-electron chi connectivity index (χ2n) is 9.13. The van der Waals surface area contributed by atoms with Crippen LogP contribution in [0.25, 0.3) is 0 Å². The molecule has 178 valence electrons. The third-order valence-corrected chi connectivity index (χ3v) is 9.22. The molecule has 1 saturated heterocycles. The number of benzene rings is 2. The largest absolute Gasteiger partial charge is 0.349 e. The second kappa shape index (κ2) is 10.3. The van der Waals surface area contributed by atoms with Crippen LogP contribution in [0.4, 0.5) is 0 Å². The minimum atomic E-state index is -3.52. The molecule has 1 aliphatic heterocycles. The zero-order chi connectivity index (χ0) is 23.6. The average Bonchev–Trinajstić information content (AvgIpc) is 2.80. The lowest BCUT2D eigenvalue weighted by molar-refractivity contribution is -0.126. The van der Waals surface area contributed by atoms with Gasteiger partial charge < -0.3 is 5.32 Å². The van der Waals surface area contributed by atoms with Crippen molar-refractivity contribution in [2.75, 3.05) is 13.1 Å². The highest BCUT2D eigenvalue weighted by molar-refractivity contribution is 7.88. The van der Waals surface area contributed by atoms with Crippen LogP contribution in [0.15, 0.2) is 36.4 Å². The summed E-state index contributed by atoms with van der Waals surface area (Å²) in [5.41, 5.74) is 4.49. The number of hydrogen-bond acceptors (Lipinski definition) is 3. The fourth-order valence-electron chi connectivity index (χ4n) is 4.76. The van der Waals surface area contributed by atoms with Gasteiger partial charge in [-0.3, -0.25) is 4.79 Å². The van der Waals surface area contributed by atoms with E-state index in [1.165, 1.54) is 28.3 Å². The summed E-state index contributed by atoms with van der Waals surface area (Å²) in [7, 11) is -3.52. The van der Waals surface area contributed by atoms with Crippen LogP contribution in [0.2, 0.25) is 10.0 Å². The summed E-state index contributed by atoms with van der Waals surface area (Å²) in [6.07, 6.45) is 5.75. The Morgan fingerprint density at radius 3 is 2.45 bits per heavy atom. The Hall–Kier alpha value is -1.60. The SMILES string of the molecule is CC(NC(=O)C1CCN(S(=O)(=O)Cc2ccc(Cl)cc2Cl)CC1)c1ccc2c(c1)CCCC2. The number of nitrogens with one attached hydrogen (secondary N) is 1. The number of amides is 1. The van der Waals surface area contributed by atoms with Crippen molar-refractivity contribution < 1.29 is 13.2 Å². The van der Waals surface area contributed by atoms with Crippen LogP contribution in [-0.2, 0) is 33.4 Å². The number of carbonyl (C=O) groups excluding carboxylic acids is 1. The molecule has 2 aliphatic rings. The van der Waals surface area contributed by atoms with E-state index in [4.69, 9.17) is 23.2 Å². The molecule has 1 unspecified atom stereocenters. The van der Waals surface area contributed by atoms with Crippen molar-refractivity contribution in [3.8, 4) is 0 Å². The molecule has 5 nitrogen and oxygen atoms in total. The normalized spacial score (nSPS) is 18.5. The fourth-order valence-corrected chi connectivity index (χ4v) is 6.91. The van der Waals surface area contributed by atoms with Crippen molar-refractivity contribution in [2.45, 2.75) is 57.2 Å². The number of rotatable bonds is 6. The zero-order valence-electron chi connectivity index (χ0n) is 18.8. The van der Waals surface area contributed by atoms with E-state index in [-0.39, 0.29) is 23.6 Å². The van der Waals surface area contributed by atoms with Gasteiger partial charge in [0.15, 0.2) is 0 Å². The quantitative estimate of drug-likeness (QED) is 0.576. The highest BCUT2D eigenvalue weighted by Gasteiger charge is 2.32. The van der Waals surface area contributed by atoms with E-state index in [1.807, 2.05) is 6.92 Å². The molecule has 0 bridgehead atoms. The van der Waals surface area contributed by atoms with Gasteiger partial charge >= 0.3 is 0 Å². The minimum Gasteiger partial charge on any atom is -0.349 e. The number of piperidine rings is 1. The Morgan fingerprint density at radius 1 is 1.06 bits per heavy atom. The van der Waals surface area contributed by atoms with Crippen LogP contribution in [0.3, 0.4) is 0 Å². The molecular formula is C25H30Cl2N2O3S. The van der Waals surface area contributed by atoms with Crippen LogP contribution in [0.1, 0.15) is 60.9 Å². The summed E-state index contributed by atoms with van der Waals surface area (Å²) in [6.45, 7) is 2.68. The van der Waals surface area contributed by atoms with Gasteiger partial charge in [0.2, 0.25) is 15.9 Å². The van der Waals surface area contributed by atoms with Crippen LogP contribution >= 0.6 is 23.2 Å². The van der Waals surface area contributed by atoms with E-state index < -0.39 is 10.0 Å². The molecule has 1 heterocycles. The van der Waals surface area contributed by atoms with Gasteiger partial charge in [0.05, 0.1) is 11.8 Å². The summed E-state index contributed by atoms with van der Waals surface area (Å²) in [4.78, 5) is 12.9. The lowest BCUT2D eigenvalue weighted by Crippen LogP contribution is -2.43. The van der Waals surface area contributed by atoms with Gasteiger partial charge in [0, 0.05) is 29.1 Å². The highest BCUT2D eigenvalue weighted by atomic mass is 35.5. The first-order chi connectivity index (χ1) is 15.7. The van der Waals surface area contributed by atoms with Gasteiger partial charge in [-0.15, -0.1) is 0 Å². The number of hydrogen-bond donors (Lipinski definition) is 1. The number of sulfonamides is 1. The number of aryl methyl sites for hydroxylation is 2. The molecule has 1 amide bonds. The molecule has 2 aromatic carbocycles. The van der Waals surface area contributed by atoms with Crippen LogP contribution in [-0.4, -0.2) is 31.7 Å². The van der Waals surface area contributed by atoms with Crippen molar-refractivity contribution in [2.24, 2.45) is 5.92 Å². The predicted molar refractivity (Wildman–Crippen MR) is 133 cm³/mol. The van der Waals surface area contributed by atoms with Crippen molar-refractivity contribution in [1.82, 2.24) is 9.62 Å². The Bertz CT molecular complexity index is 1130. The van der Waals surface area contributed by atoms with Gasteiger partial charge in [0.1, 0.15) is 0 Å². The molecule has 33 heavy (non-hydrogen) atoms. The fraction of sp³-hybridized carbons (Fsp3) is 0.480. The molecule has 8 heteroatoms. The molecule has 0 radical (unpaired) electrons. The van der Waals surface area contributed by atoms with Gasteiger partial charge in [-0.1, -0.05) is 47.5 Å². The number of fused-ring (bicyclic) bond motifs is 1. The lowest BCUT2D eigenvalue weighted by atomic mass is 9.89. The Kier molecular flexibility index (Phi) is 7.69. The van der Waals surface area contributed by atoms with E-state index in [0.717, 1.165) is 18.4 Å². The minimum absolute atomic E-state index is 0.00184. The Balaban J connectivity index is 1.32. The van der Waals surface area contributed by atoms with Gasteiger partial charge in [-0.05, 0) is 79.8 Å². The maximum Gasteiger partial charge on any atom is 0.223 e. The van der Waals surface area contributed by atoms with Crippen LogP contribution in [0.5, 0.6) is 0 Å². The van der Waals surface area contributed by atoms with Gasteiger partial charge in [-0.2, -0.15) is 0 Å². The molecule has 2 aromatic rings. The molecule has 1 N–H and O–H groups in total. The molecule has 1 atom stereocenters. The topological polar surface area (TPSA) is 66.5 Å². The summed E-state index contributed by atoms with van der Waals surface area (Å²) >= 11 is 12.1. The Morgan fingerprint density at radius 2 is 1.76 bits per heavy atom. The van der Waals surface area contributed by atoms with E-state index in [1.54, 1.807) is 18.2 Å². The van der Waals surface area contributed by atoms with E-state index in [2.05, 4.69) is 23.5 Å². The first-order valence-corrected chi connectivity index (χ1v) is 13.9. The first-order valence-electron chi connectivity index (χ1n) is 11.6. The zero-order valence-corrected chi connectivity index (χ0v) is 21.1. The van der Waals surface area contributed by atoms with E-state index >= 15 is 0 Å². The third kappa shape index (κ3) is 5.91. The standard InChI is InChI=1S/C25H30Cl2N2O3S/c1-17(20-7-6-18-4-2-3-5-21(18)14-20)28-25(30)19-10-12-29(13-11-19)33(31,32)16-22-8-9-23(26)15-24(22)27/h6-9,14-15,17,19H,2-5,10-13,16H2,1H3,(H,28,30). The second-order valence-corrected chi connectivity index (χ2v) is 11.9. The van der Waals surface area contributed by atoms with E-state index in [0.29, 0.717) is 41.5 Å². The number of carbonyl (C=O) groups is 1. The molecule has 0 saturated carbocycles. The van der Waals surface area contributed by atoms with Gasteiger partial charge in [-0.25, -0.2) is 12.7 Å². The maximum absolute atomic E-state index is 12.9. The monoisotopic (exact) mass is 508 g/mol. The summed E-state index contributed by atoms with van der Waals surface area (Å²) in [5, 5.41) is 3.96. The predicted octanol–water partition coefficient (Wildman–Crippen LogP) is 5.29. The van der Waals surface area contributed by atoms with Crippen LogP contribution in [0, 0.1) is 5.92 Å². The van der Waals surface area contributed by atoms with Gasteiger partial charge in [0.25, 0.3) is 0 Å². The lowest BCUT2D eigenvalue weighted by Gasteiger charge is -2.31. The third-order valence-electron chi connectivity index (χ3n) is 6.80. The van der Waals surface area contributed by atoms with Crippen molar-refractivity contribution in [3.05, 3.63) is 68.7 Å². The molecule has 1 aliphatic carbocycles. The average molecular weight is 509 g/mol. The van der Waals surface area contributed by atoms with Crippen molar-refractivity contribution >= 4 is 39.1 Å². The van der Waals surface area contributed by atoms with Crippen molar-refractivity contribution in [1.29, 1.82) is 0 Å². The Labute approximate surface area is 206 Å². The summed E-state index contributed by atoms with van der Waals surface area (Å²) in [6, 6.07) is 11.3. The molecule has 4 rings (SSSR count). The first kappa shape index (κ1) is 24.5.